The quantitative estimate of drug-likeness (QED) is 0.416. The summed E-state index contributed by atoms with van der Waals surface area (Å²) < 4.78 is 17.4. The Morgan fingerprint density at radius 1 is 1.05 bits per heavy atom. The van der Waals surface area contributed by atoms with Crippen molar-refractivity contribution in [1.82, 2.24) is 10.2 Å². The van der Waals surface area contributed by atoms with E-state index in [2.05, 4.69) is 24.5 Å². The van der Waals surface area contributed by atoms with Gasteiger partial charge in [0.15, 0.2) is 11.5 Å². The largest absolute Gasteiger partial charge is 0.493 e. The summed E-state index contributed by atoms with van der Waals surface area (Å²) in [6.07, 6.45) is 6.73. The SMILES string of the molecule is COc1ccc(CCN2C(=O)[C@H]3[C@H](C(=O)Nc4cccc(C)c4)[C@H]4C=C[C@@]3(O4)[C@@H]2C(=O)N[C@@H]2CCC[C@H](C)[C@@H]2C)cc1OC. The number of rotatable bonds is 9. The molecule has 3 heterocycles. The van der Waals surface area contributed by atoms with Crippen LogP contribution >= 0.6 is 0 Å². The summed E-state index contributed by atoms with van der Waals surface area (Å²) in [5.41, 5.74) is 1.42. The molecular formula is C35H43N3O6. The van der Waals surface area contributed by atoms with Gasteiger partial charge in [0.1, 0.15) is 11.6 Å². The topological polar surface area (TPSA) is 106 Å². The number of anilines is 1. The predicted octanol–water partition coefficient (Wildman–Crippen LogP) is 4.28. The number of methoxy groups -OCH3 is 2. The lowest BCUT2D eigenvalue weighted by atomic mass is 9.73. The summed E-state index contributed by atoms with van der Waals surface area (Å²) in [6.45, 7) is 6.67. The highest BCUT2D eigenvalue weighted by Crippen LogP contribution is 2.55. The summed E-state index contributed by atoms with van der Waals surface area (Å²) in [4.78, 5) is 44.1. The van der Waals surface area contributed by atoms with E-state index in [4.69, 9.17) is 14.2 Å². The Balaban J connectivity index is 1.30. The number of aryl methyl sites for hydroxylation is 1. The molecule has 3 aliphatic heterocycles. The smallest absolute Gasteiger partial charge is 0.246 e. The molecule has 8 atom stereocenters. The highest BCUT2D eigenvalue weighted by Gasteiger charge is 2.72. The Morgan fingerprint density at radius 3 is 2.59 bits per heavy atom. The van der Waals surface area contributed by atoms with Crippen LogP contribution in [0.15, 0.2) is 54.6 Å². The predicted molar refractivity (Wildman–Crippen MR) is 166 cm³/mol. The maximum atomic E-state index is 14.4. The molecule has 6 rings (SSSR count). The first-order valence-electron chi connectivity index (χ1n) is 15.7. The molecule has 9 heteroatoms. The van der Waals surface area contributed by atoms with Crippen molar-refractivity contribution in [2.75, 3.05) is 26.1 Å². The maximum Gasteiger partial charge on any atom is 0.246 e. The van der Waals surface area contributed by atoms with E-state index in [9.17, 15) is 14.4 Å². The lowest BCUT2D eigenvalue weighted by Crippen LogP contribution is -2.58. The summed E-state index contributed by atoms with van der Waals surface area (Å²) in [6, 6.07) is 12.4. The van der Waals surface area contributed by atoms with Gasteiger partial charge in [0, 0.05) is 18.3 Å². The van der Waals surface area contributed by atoms with Crippen molar-refractivity contribution in [3.05, 3.63) is 65.7 Å². The van der Waals surface area contributed by atoms with E-state index in [0.29, 0.717) is 35.4 Å². The van der Waals surface area contributed by atoms with Crippen molar-refractivity contribution in [3.8, 4) is 11.5 Å². The number of ether oxygens (including phenoxy) is 3. The van der Waals surface area contributed by atoms with Crippen LogP contribution in [0.4, 0.5) is 5.69 Å². The van der Waals surface area contributed by atoms with E-state index in [1.54, 1.807) is 19.1 Å². The minimum atomic E-state index is -1.21. The first kappa shape index (κ1) is 30.2. The van der Waals surface area contributed by atoms with E-state index in [1.807, 2.05) is 61.5 Å². The van der Waals surface area contributed by atoms with Crippen LogP contribution in [0.1, 0.15) is 44.2 Å². The first-order valence-corrected chi connectivity index (χ1v) is 15.7. The number of hydrogen-bond acceptors (Lipinski definition) is 6. The number of hydrogen-bond donors (Lipinski definition) is 2. The molecule has 4 aliphatic rings. The number of nitrogens with zero attached hydrogens (tertiary/aromatic N) is 1. The number of likely N-dealkylation sites (tertiary alicyclic amines) is 1. The van der Waals surface area contributed by atoms with Crippen molar-refractivity contribution in [1.29, 1.82) is 0 Å². The molecule has 1 saturated carbocycles. The minimum Gasteiger partial charge on any atom is -0.493 e. The summed E-state index contributed by atoms with van der Waals surface area (Å²) in [5, 5.41) is 6.33. The fraction of sp³-hybridized carbons (Fsp3) is 0.514. The fourth-order valence-electron chi connectivity index (χ4n) is 7.79. The van der Waals surface area contributed by atoms with Gasteiger partial charge in [-0.25, -0.2) is 0 Å². The van der Waals surface area contributed by atoms with Crippen LogP contribution in [0.25, 0.3) is 0 Å². The van der Waals surface area contributed by atoms with E-state index < -0.39 is 29.6 Å². The zero-order chi connectivity index (χ0) is 31.2. The number of carbonyl (C=O) groups excluding carboxylic acids is 3. The van der Waals surface area contributed by atoms with Gasteiger partial charge in [-0.05, 0) is 67.0 Å². The third-order valence-electron chi connectivity index (χ3n) is 10.3. The molecule has 0 aromatic heterocycles. The molecule has 1 spiro atoms. The third kappa shape index (κ3) is 5.15. The van der Waals surface area contributed by atoms with Crippen LogP contribution in [0.2, 0.25) is 0 Å². The minimum absolute atomic E-state index is 0.0208. The molecule has 2 aromatic rings. The Bertz CT molecular complexity index is 1470. The lowest BCUT2D eigenvalue weighted by Gasteiger charge is -2.38. The van der Waals surface area contributed by atoms with Crippen molar-refractivity contribution < 1.29 is 28.6 Å². The van der Waals surface area contributed by atoms with Gasteiger partial charge >= 0.3 is 0 Å². The van der Waals surface area contributed by atoms with Gasteiger partial charge in [0.2, 0.25) is 17.7 Å². The third-order valence-corrected chi connectivity index (χ3v) is 10.3. The van der Waals surface area contributed by atoms with E-state index in [1.165, 1.54) is 0 Å². The molecule has 2 N–H and O–H groups in total. The van der Waals surface area contributed by atoms with Gasteiger partial charge in [0.05, 0.1) is 32.2 Å². The molecule has 2 aromatic carbocycles. The Hall–Kier alpha value is -3.85. The normalized spacial score (nSPS) is 32.0. The van der Waals surface area contributed by atoms with Crippen molar-refractivity contribution in [3.63, 3.8) is 0 Å². The van der Waals surface area contributed by atoms with E-state index in [0.717, 1.165) is 30.4 Å². The highest BCUT2D eigenvalue weighted by molar-refractivity contribution is 6.02. The second kappa shape index (κ2) is 11.9. The second-order valence-electron chi connectivity index (χ2n) is 12.9. The Kier molecular flexibility index (Phi) is 8.18. The summed E-state index contributed by atoms with van der Waals surface area (Å²) in [7, 11) is 3.17. The van der Waals surface area contributed by atoms with Crippen LogP contribution < -0.4 is 20.1 Å². The van der Waals surface area contributed by atoms with E-state index >= 15 is 0 Å². The van der Waals surface area contributed by atoms with Crippen molar-refractivity contribution in [2.45, 2.75) is 70.2 Å². The molecule has 0 unspecified atom stereocenters. The number of nitrogens with one attached hydrogen (secondary N) is 2. The van der Waals surface area contributed by atoms with Crippen LogP contribution in [0.5, 0.6) is 11.5 Å². The van der Waals surface area contributed by atoms with Gasteiger partial charge in [0.25, 0.3) is 0 Å². The molecule has 2 saturated heterocycles. The molecular weight excluding hydrogens is 558 g/mol. The van der Waals surface area contributed by atoms with Crippen molar-refractivity contribution in [2.24, 2.45) is 23.7 Å². The van der Waals surface area contributed by atoms with Crippen LogP contribution in [-0.4, -0.2) is 67.2 Å². The summed E-state index contributed by atoms with van der Waals surface area (Å²) >= 11 is 0. The number of amides is 3. The van der Waals surface area contributed by atoms with Crippen LogP contribution in [0, 0.1) is 30.6 Å². The second-order valence-corrected chi connectivity index (χ2v) is 12.9. The van der Waals surface area contributed by atoms with Crippen LogP contribution in [0.3, 0.4) is 0 Å². The highest BCUT2D eigenvalue weighted by atomic mass is 16.5. The van der Waals surface area contributed by atoms with E-state index in [-0.39, 0.29) is 30.3 Å². The molecule has 234 valence electrons. The van der Waals surface area contributed by atoms with Crippen LogP contribution in [-0.2, 0) is 25.5 Å². The zero-order valence-corrected chi connectivity index (χ0v) is 26.2. The van der Waals surface area contributed by atoms with Gasteiger partial charge in [-0.1, -0.05) is 57.0 Å². The number of benzene rings is 2. The summed E-state index contributed by atoms with van der Waals surface area (Å²) in [5.74, 6) is -0.234. The lowest BCUT2D eigenvalue weighted by molar-refractivity contribution is -0.141. The number of carbonyl (C=O) groups is 3. The average molecular weight is 602 g/mol. The maximum absolute atomic E-state index is 14.4. The standard InChI is InChI=1S/C35H43N3O6/c1-20-8-6-10-24(18-20)36-32(39)29-27-14-16-35(44-27)30(29)34(41)38(17-15-23-12-13-26(42-4)28(19-23)43-5)31(35)33(40)37-25-11-7-9-21(2)22(25)3/h6,8,10,12-14,16,18-19,21-22,25,27,29-31H,7,9,11,15,17H2,1-5H3,(H,36,39)(H,37,40)/t21-,22-,25+,27+,29+,30+,31-,35-/m0/s1. The monoisotopic (exact) mass is 601 g/mol. The molecule has 1 aliphatic carbocycles. The molecule has 3 fully saturated rings. The Labute approximate surface area is 259 Å². The first-order chi connectivity index (χ1) is 21.2. The van der Waals surface area contributed by atoms with Gasteiger partial charge in [-0.2, -0.15) is 0 Å². The zero-order valence-electron chi connectivity index (χ0n) is 26.2. The average Bonchev–Trinajstić information content (AvgIpc) is 3.65. The molecule has 0 radical (unpaired) electrons. The molecule has 2 bridgehead atoms. The fourth-order valence-corrected chi connectivity index (χ4v) is 7.79. The molecule has 9 nitrogen and oxygen atoms in total. The van der Waals surface area contributed by atoms with Crippen molar-refractivity contribution >= 4 is 23.4 Å². The number of fused-ring (bicyclic) bond motifs is 1. The van der Waals surface area contributed by atoms with Gasteiger partial charge in [-0.15, -0.1) is 0 Å². The molecule has 44 heavy (non-hydrogen) atoms. The Morgan fingerprint density at radius 2 is 1.84 bits per heavy atom. The van der Waals surface area contributed by atoms with Gasteiger partial charge < -0.3 is 29.7 Å². The van der Waals surface area contributed by atoms with Gasteiger partial charge in [-0.3, -0.25) is 14.4 Å². The molecule has 3 amide bonds.